The van der Waals surface area contributed by atoms with E-state index < -0.39 is 17.6 Å². The maximum atomic E-state index is 13.2. The summed E-state index contributed by atoms with van der Waals surface area (Å²) in [7, 11) is 3.19. The van der Waals surface area contributed by atoms with Crippen LogP contribution < -0.4 is 20.1 Å². The van der Waals surface area contributed by atoms with E-state index in [1.54, 1.807) is 50.3 Å². The molecule has 1 fully saturated rings. The summed E-state index contributed by atoms with van der Waals surface area (Å²) in [5, 5.41) is 25.0. The molecule has 0 aromatic heterocycles. The van der Waals surface area contributed by atoms with E-state index >= 15 is 0 Å². The van der Waals surface area contributed by atoms with Gasteiger partial charge in [0, 0.05) is 22.7 Å². The Morgan fingerprint density at radius 1 is 1.05 bits per heavy atom. The van der Waals surface area contributed by atoms with Crippen molar-refractivity contribution in [2.45, 2.75) is 50.7 Å². The third-order valence-corrected chi connectivity index (χ3v) is 7.78. The SMILES string of the molecule is CC(C)(O)C(=O)O.COc1c(Cl)ccc2c1N(C(=O)C(N)c1ccc(Cl)cc1)CC21CC1.COc1cccc(C(C)=N)c1. The molecule has 43 heavy (non-hydrogen) atoms. The molecule has 1 amide bonds. The maximum Gasteiger partial charge on any atom is 0.335 e. The van der Waals surface area contributed by atoms with Gasteiger partial charge in [0.15, 0.2) is 11.4 Å². The van der Waals surface area contributed by atoms with Crippen molar-refractivity contribution in [3.05, 3.63) is 87.4 Å². The molecule has 1 aliphatic carbocycles. The van der Waals surface area contributed by atoms with E-state index in [0.29, 0.717) is 28.1 Å². The Morgan fingerprint density at radius 3 is 2.14 bits per heavy atom. The number of carboxylic acids is 1. The van der Waals surface area contributed by atoms with Crippen molar-refractivity contribution < 1.29 is 29.3 Å². The Balaban J connectivity index is 0.000000232. The van der Waals surface area contributed by atoms with Gasteiger partial charge in [-0.25, -0.2) is 4.79 Å². The molecule has 1 aliphatic heterocycles. The fourth-order valence-electron chi connectivity index (χ4n) is 4.51. The minimum absolute atomic E-state index is 0.0303. The quantitative estimate of drug-likeness (QED) is 0.244. The fourth-order valence-corrected chi connectivity index (χ4v) is 4.86. The number of benzene rings is 3. The van der Waals surface area contributed by atoms with E-state index in [-0.39, 0.29) is 11.3 Å². The summed E-state index contributed by atoms with van der Waals surface area (Å²) >= 11 is 12.2. The van der Waals surface area contributed by atoms with Crippen molar-refractivity contribution in [2.75, 3.05) is 25.7 Å². The number of nitrogens with zero attached hydrogens (tertiary/aromatic N) is 1. The number of halogens is 2. The number of carbonyl (C=O) groups excluding carboxylic acids is 1. The highest BCUT2D eigenvalue weighted by molar-refractivity contribution is 6.33. The predicted molar refractivity (Wildman–Crippen MR) is 169 cm³/mol. The molecule has 3 aromatic rings. The molecule has 0 radical (unpaired) electrons. The molecule has 5 N–H and O–H groups in total. The Hall–Kier alpha value is -3.63. The molecule has 3 aromatic carbocycles. The maximum absolute atomic E-state index is 13.2. The third-order valence-electron chi connectivity index (χ3n) is 7.23. The van der Waals surface area contributed by atoms with E-state index in [2.05, 4.69) is 0 Å². The number of carbonyl (C=O) groups is 2. The number of ether oxygens (including phenoxy) is 2. The number of nitrogens with one attached hydrogen (secondary N) is 1. The monoisotopic (exact) mass is 629 g/mol. The average Bonchev–Trinajstić information content (AvgIpc) is 3.68. The summed E-state index contributed by atoms with van der Waals surface area (Å²) in [4.78, 5) is 24.7. The molecule has 5 rings (SSSR count). The van der Waals surface area contributed by atoms with Gasteiger partial charge in [0.1, 0.15) is 11.8 Å². The molecule has 1 heterocycles. The van der Waals surface area contributed by atoms with Gasteiger partial charge in [-0.15, -0.1) is 0 Å². The van der Waals surface area contributed by atoms with Crippen molar-refractivity contribution in [2.24, 2.45) is 5.73 Å². The van der Waals surface area contributed by atoms with Crippen molar-refractivity contribution in [3.63, 3.8) is 0 Å². The number of amides is 1. The summed E-state index contributed by atoms with van der Waals surface area (Å²) in [6.45, 7) is 4.82. The molecular weight excluding hydrogens is 593 g/mol. The van der Waals surface area contributed by atoms with Crippen LogP contribution in [0.3, 0.4) is 0 Å². The first kappa shape index (κ1) is 33.9. The smallest absolute Gasteiger partial charge is 0.335 e. The zero-order valence-corrected chi connectivity index (χ0v) is 26.3. The highest BCUT2D eigenvalue weighted by Crippen LogP contribution is 2.60. The Morgan fingerprint density at radius 2 is 1.65 bits per heavy atom. The van der Waals surface area contributed by atoms with Crippen LogP contribution in [0, 0.1) is 5.41 Å². The van der Waals surface area contributed by atoms with Crippen LogP contribution in [0.25, 0.3) is 0 Å². The first-order chi connectivity index (χ1) is 20.1. The standard InChI is InChI=1S/C19H18Cl2N2O2.C9H11NO.C4H8O3/c1-25-17-14(21)7-6-13-16(17)23(10-19(13)8-9-19)18(24)15(22)11-2-4-12(20)5-3-11;1-7(10)8-4-3-5-9(6-8)11-2;1-4(2,7)3(5)6/h2-7,15H,8-10,22H2,1H3;3-6,10H,1-2H3;7H,1-2H3,(H,5,6). The predicted octanol–water partition coefficient (Wildman–Crippen LogP) is 6.01. The van der Waals surface area contributed by atoms with Gasteiger partial charge in [0.2, 0.25) is 5.91 Å². The molecule has 230 valence electrons. The highest BCUT2D eigenvalue weighted by atomic mass is 35.5. The fraction of sp³-hybridized carbons (Fsp3) is 0.344. The third kappa shape index (κ3) is 8.06. The van der Waals surface area contributed by atoms with E-state index in [4.69, 9.17) is 54.0 Å². The number of aliphatic carboxylic acids is 1. The zero-order valence-electron chi connectivity index (χ0n) is 24.8. The van der Waals surface area contributed by atoms with Crippen LogP contribution in [0.5, 0.6) is 11.5 Å². The number of aliphatic hydroxyl groups is 1. The summed E-state index contributed by atoms with van der Waals surface area (Å²) in [6.07, 6.45) is 2.12. The van der Waals surface area contributed by atoms with Gasteiger partial charge in [0.25, 0.3) is 0 Å². The van der Waals surface area contributed by atoms with Crippen molar-refractivity contribution in [1.29, 1.82) is 5.41 Å². The molecule has 1 spiro atoms. The number of fused-ring (bicyclic) bond motifs is 2. The lowest BCUT2D eigenvalue weighted by molar-refractivity contribution is -0.154. The molecular formula is C32H37Cl2N3O6. The number of methoxy groups -OCH3 is 2. The van der Waals surface area contributed by atoms with E-state index in [9.17, 15) is 9.59 Å². The van der Waals surface area contributed by atoms with Crippen molar-refractivity contribution in [1.82, 2.24) is 0 Å². The van der Waals surface area contributed by atoms with Crippen LogP contribution in [0.1, 0.15) is 56.3 Å². The summed E-state index contributed by atoms with van der Waals surface area (Å²) < 4.78 is 10.5. The van der Waals surface area contributed by atoms with Crippen LogP contribution in [0.15, 0.2) is 60.7 Å². The number of hydrogen-bond acceptors (Lipinski definition) is 7. The van der Waals surface area contributed by atoms with Crippen molar-refractivity contribution in [3.8, 4) is 11.5 Å². The lowest BCUT2D eigenvalue weighted by Gasteiger charge is -2.24. The van der Waals surface area contributed by atoms with Gasteiger partial charge >= 0.3 is 5.97 Å². The minimum atomic E-state index is -1.58. The number of nitrogens with two attached hydrogens (primary N) is 1. The zero-order chi connectivity index (χ0) is 32.1. The Bertz CT molecular complexity index is 1480. The van der Waals surface area contributed by atoms with E-state index in [1.165, 1.54) is 13.8 Å². The molecule has 1 unspecified atom stereocenters. The molecule has 1 atom stereocenters. The summed E-state index contributed by atoms with van der Waals surface area (Å²) in [5.74, 6) is -0.0193. The average molecular weight is 631 g/mol. The second kappa shape index (κ2) is 13.8. The van der Waals surface area contributed by atoms with Gasteiger partial charge in [-0.2, -0.15) is 0 Å². The largest absolute Gasteiger partial charge is 0.497 e. The molecule has 11 heteroatoms. The van der Waals surface area contributed by atoms with E-state index in [1.807, 2.05) is 36.4 Å². The number of carboxylic acid groups (broad SMARTS) is 1. The number of anilines is 1. The van der Waals surface area contributed by atoms with Gasteiger partial charge in [-0.1, -0.05) is 53.5 Å². The normalized spacial score (nSPS) is 14.8. The van der Waals surface area contributed by atoms with Crippen molar-refractivity contribution >= 4 is 46.5 Å². The first-order valence-electron chi connectivity index (χ1n) is 13.5. The molecule has 2 aliphatic rings. The van der Waals surface area contributed by atoms with Crippen LogP contribution in [-0.2, 0) is 15.0 Å². The minimum Gasteiger partial charge on any atom is -0.497 e. The molecule has 0 bridgehead atoms. The second-order valence-electron chi connectivity index (χ2n) is 10.9. The Labute approximate surface area is 261 Å². The van der Waals surface area contributed by atoms with Gasteiger partial charge < -0.3 is 35.7 Å². The topological polar surface area (TPSA) is 146 Å². The van der Waals surface area contributed by atoms with Crippen LogP contribution >= 0.6 is 23.2 Å². The van der Waals surface area contributed by atoms with Crippen LogP contribution in [-0.4, -0.2) is 54.2 Å². The van der Waals surface area contributed by atoms with Crippen LogP contribution in [0.2, 0.25) is 10.0 Å². The van der Waals surface area contributed by atoms with Gasteiger partial charge in [-0.3, -0.25) is 4.79 Å². The molecule has 0 saturated heterocycles. The lowest BCUT2D eigenvalue weighted by Crippen LogP contribution is -2.39. The van der Waals surface area contributed by atoms with Crippen LogP contribution in [0.4, 0.5) is 5.69 Å². The number of rotatable bonds is 6. The second-order valence-corrected chi connectivity index (χ2v) is 11.8. The highest BCUT2D eigenvalue weighted by Gasteiger charge is 2.54. The van der Waals surface area contributed by atoms with Gasteiger partial charge in [-0.05, 0) is 80.6 Å². The molecule has 1 saturated carbocycles. The van der Waals surface area contributed by atoms with E-state index in [0.717, 1.165) is 41.0 Å². The summed E-state index contributed by atoms with van der Waals surface area (Å²) in [6, 6.07) is 17.6. The molecule has 9 nitrogen and oxygen atoms in total. The Kier molecular flexibility index (Phi) is 10.8. The first-order valence-corrected chi connectivity index (χ1v) is 14.3. The van der Waals surface area contributed by atoms with Gasteiger partial charge in [0.05, 0.1) is 24.9 Å². The number of hydrogen-bond donors (Lipinski definition) is 4. The summed E-state index contributed by atoms with van der Waals surface area (Å²) in [5.41, 5.74) is 8.79. The lowest BCUT2D eigenvalue weighted by atomic mass is 9.98.